The van der Waals surface area contributed by atoms with Gasteiger partial charge in [0.1, 0.15) is 5.78 Å². The van der Waals surface area contributed by atoms with Gasteiger partial charge in [0.05, 0.1) is 0 Å². The zero-order chi connectivity index (χ0) is 18.0. The summed E-state index contributed by atoms with van der Waals surface area (Å²) in [5.41, 5.74) is 1.04. The van der Waals surface area contributed by atoms with Crippen molar-refractivity contribution in [2.24, 2.45) is 28.6 Å². The SMILES string of the molecule is CC(=O)OC1C[C@@]2(C)C(=CC1=O)CC[C@@H]1[C@@H]2CC[C@]2(C)C(=O)CC[C@@H]12. The quantitative estimate of drug-likeness (QED) is 0.682. The molecule has 0 saturated heterocycles. The van der Waals surface area contributed by atoms with E-state index in [1.54, 1.807) is 6.08 Å². The van der Waals surface area contributed by atoms with Crippen molar-refractivity contribution >= 4 is 17.5 Å². The van der Waals surface area contributed by atoms with Gasteiger partial charge in [-0.15, -0.1) is 0 Å². The van der Waals surface area contributed by atoms with Crippen molar-refractivity contribution in [3.63, 3.8) is 0 Å². The molecular weight excluding hydrogens is 316 g/mol. The highest BCUT2D eigenvalue weighted by Crippen LogP contribution is 2.64. The summed E-state index contributed by atoms with van der Waals surface area (Å²) in [6.45, 7) is 5.82. The fraction of sp³-hybridized carbons (Fsp3) is 0.762. The fourth-order valence-electron chi connectivity index (χ4n) is 6.67. The maximum absolute atomic E-state index is 12.5. The van der Waals surface area contributed by atoms with Crippen molar-refractivity contribution in [3.05, 3.63) is 11.6 Å². The molecule has 0 aromatic carbocycles. The highest BCUT2D eigenvalue weighted by Gasteiger charge is 2.59. The maximum Gasteiger partial charge on any atom is 0.303 e. The molecule has 0 aliphatic heterocycles. The molecule has 4 heteroatoms. The van der Waals surface area contributed by atoms with E-state index in [0.717, 1.165) is 38.5 Å². The second-order valence-corrected chi connectivity index (χ2v) is 9.13. The number of hydrogen-bond donors (Lipinski definition) is 0. The Balaban J connectivity index is 1.66. The van der Waals surface area contributed by atoms with E-state index in [1.807, 2.05) is 0 Å². The molecule has 0 aromatic rings. The van der Waals surface area contributed by atoms with Crippen LogP contribution in [0.4, 0.5) is 0 Å². The molecule has 3 fully saturated rings. The van der Waals surface area contributed by atoms with Crippen molar-refractivity contribution in [1.29, 1.82) is 0 Å². The summed E-state index contributed by atoms with van der Waals surface area (Å²) in [6, 6.07) is 0. The van der Waals surface area contributed by atoms with Gasteiger partial charge in [-0.25, -0.2) is 0 Å². The Morgan fingerprint density at radius 1 is 1.08 bits per heavy atom. The Hall–Kier alpha value is -1.45. The molecule has 0 spiro atoms. The van der Waals surface area contributed by atoms with Crippen LogP contribution in [0.25, 0.3) is 0 Å². The minimum absolute atomic E-state index is 0.0576. The molecule has 3 saturated carbocycles. The molecule has 136 valence electrons. The Bertz CT molecular complexity index is 677. The smallest absolute Gasteiger partial charge is 0.303 e. The lowest BCUT2D eigenvalue weighted by Gasteiger charge is -2.57. The van der Waals surface area contributed by atoms with Crippen LogP contribution in [-0.2, 0) is 19.1 Å². The van der Waals surface area contributed by atoms with Gasteiger partial charge in [0.25, 0.3) is 0 Å². The van der Waals surface area contributed by atoms with Gasteiger partial charge in [0.15, 0.2) is 11.9 Å². The third-order valence-corrected chi connectivity index (χ3v) is 8.00. The topological polar surface area (TPSA) is 60.4 Å². The summed E-state index contributed by atoms with van der Waals surface area (Å²) in [6.07, 6.45) is 7.53. The van der Waals surface area contributed by atoms with Crippen LogP contribution in [0.15, 0.2) is 11.6 Å². The first-order valence-corrected chi connectivity index (χ1v) is 9.71. The van der Waals surface area contributed by atoms with Gasteiger partial charge in [0.2, 0.25) is 0 Å². The van der Waals surface area contributed by atoms with Crippen LogP contribution in [0.2, 0.25) is 0 Å². The van der Waals surface area contributed by atoms with Crippen molar-refractivity contribution in [1.82, 2.24) is 0 Å². The normalized spacial score (nSPS) is 46.0. The van der Waals surface area contributed by atoms with Gasteiger partial charge in [-0.3, -0.25) is 14.4 Å². The monoisotopic (exact) mass is 344 g/mol. The summed E-state index contributed by atoms with van der Waals surface area (Å²) >= 11 is 0. The number of Topliss-reactive ketones (excluding diaryl/α,β-unsaturated/α-hetero) is 1. The van der Waals surface area contributed by atoms with Gasteiger partial charge >= 0.3 is 5.97 Å². The number of esters is 1. The minimum Gasteiger partial charge on any atom is -0.454 e. The van der Waals surface area contributed by atoms with Crippen LogP contribution < -0.4 is 0 Å². The van der Waals surface area contributed by atoms with Crippen LogP contribution in [0.3, 0.4) is 0 Å². The number of carbonyl (C=O) groups is 3. The lowest BCUT2D eigenvalue weighted by Crippen LogP contribution is -2.52. The lowest BCUT2D eigenvalue weighted by atomic mass is 9.47. The zero-order valence-corrected chi connectivity index (χ0v) is 15.5. The Morgan fingerprint density at radius 2 is 1.80 bits per heavy atom. The Labute approximate surface area is 149 Å². The second kappa shape index (κ2) is 5.52. The molecule has 0 radical (unpaired) electrons. The summed E-state index contributed by atoms with van der Waals surface area (Å²) in [5, 5.41) is 0. The zero-order valence-electron chi connectivity index (χ0n) is 15.5. The first-order chi connectivity index (χ1) is 11.8. The average molecular weight is 344 g/mol. The molecule has 4 rings (SSSR count). The van der Waals surface area contributed by atoms with Crippen molar-refractivity contribution in [3.8, 4) is 0 Å². The minimum atomic E-state index is -0.636. The molecule has 0 heterocycles. The molecule has 0 bridgehead atoms. The third-order valence-electron chi connectivity index (χ3n) is 8.00. The van der Waals surface area contributed by atoms with Gasteiger partial charge < -0.3 is 4.74 Å². The molecule has 6 atom stereocenters. The summed E-state index contributed by atoms with van der Waals surface area (Å²) in [7, 11) is 0. The first kappa shape index (κ1) is 17.0. The predicted octanol–water partition coefficient (Wildman–Crippen LogP) is 3.63. The van der Waals surface area contributed by atoms with E-state index >= 15 is 0 Å². The van der Waals surface area contributed by atoms with Crippen LogP contribution in [0.5, 0.6) is 0 Å². The standard InChI is InChI=1S/C21H28O4/c1-12(22)25-18-11-21(3)13(10-17(18)23)4-5-14-15-6-7-19(24)20(15,2)9-8-16(14)21/h10,14-16,18H,4-9,11H2,1-3H3/t14-,15-,16-,18?,20-,21-/m0/s1. The van der Waals surface area contributed by atoms with E-state index in [-0.39, 0.29) is 22.6 Å². The number of allylic oxidation sites excluding steroid dienone is 1. The van der Waals surface area contributed by atoms with Gasteiger partial charge in [0, 0.05) is 25.2 Å². The number of fused-ring (bicyclic) bond motifs is 5. The van der Waals surface area contributed by atoms with E-state index in [4.69, 9.17) is 4.74 Å². The van der Waals surface area contributed by atoms with Crippen LogP contribution in [0.1, 0.15) is 65.7 Å². The van der Waals surface area contributed by atoms with Crippen molar-refractivity contribution < 1.29 is 19.1 Å². The number of rotatable bonds is 1. The second-order valence-electron chi connectivity index (χ2n) is 9.13. The first-order valence-electron chi connectivity index (χ1n) is 9.71. The van der Waals surface area contributed by atoms with Crippen LogP contribution >= 0.6 is 0 Å². The van der Waals surface area contributed by atoms with E-state index in [1.165, 1.54) is 12.5 Å². The molecule has 0 aromatic heterocycles. The van der Waals surface area contributed by atoms with E-state index in [0.29, 0.717) is 30.0 Å². The third kappa shape index (κ3) is 2.36. The summed E-state index contributed by atoms with van der Waals surface area (Å²) in [4.78, 5) is 36.2. The largest absolute Gasteiger partial charge is 0.454 e. The van der Waals surface area contributed by atoms with Crippen LogP contribution in [0, 0.1) is 28.6 Å². The number of ether oxygens (including phenoxy) is 1. The number of ketones is 2. The lowest BCUT2D eigenvalue weighted by molar-refractivity contribution is -0.156. The highest BCUT2D eigenvalue weighted by atomic mass is 16.5. The molecule has 4 aliphatic carbocycles. The van der Waals surface area contributed by atoms with E-state index in [2.05, 4.69) is 13.8 Å². The molecule has 1 unspecified atom stereocenters. The van der Waals surface area contributed by atoms with Crippen molar-refractivity contribution in [2.75, 3.05) is 0 Å². The molecule has 0 N–H and O–H groups in total. The predicted molar refractivity (Wildman–Crippen MR) is 92.7 cm³/mol. The fourth-order valence-corrected chi connectivity index (χ4v) is 6.67. The maximum atomic E-state index is 12.5. The molecule has 25 heavy (non-hydrogen) atoms. The summed E-state index contributed by atoms with van der Waals surface area (Å²) < 4.78 is 5.33. The number of hydrogen-bond acceptors (Lipinski definition) is 4. The molecule has 0 amide bonds. The highest BCUT2D eigenvalue weighted by molar-refractivity contribution is 5.96. The Morgan fingerprint density at radius 3 is 2.52 bits per heavy atom. The molecular formula is C21H28O4. The Kier molecular flexibility index (Phi) is 3.75. The number of carbonyl (C=O) groups excluding carboxylic acids is 3. The van der Waals surface area contributed by atoms with E-state index < -0.39 is 6.10 Å². The van der Waals surface area contributed by atoms with E-state index in [9.17, 15) is 14.4 Å². The molecule has 4 aliphatic rings. The van der Waals surface area contributed by atoms with Gasteiger partial charge in [-0.2, -0.15) is 0 Å². The van der Waals surface area contributed by atoms with Gasteiger partial charge in [-0.05, 0) is 61.3 Å². The molecule has 4 nitrogen and oxygen atoms in total. The average Bonchev–Trinajstić information content (AvgIpc) is 2.84. The summed E-state index contributed by atoms with van der Waals surface area (Å²) in [5.74, 6) is 1.55. The van der Waals surface area contributed by atoms with Crippen LogP contribution in [-0.4, -0.2) is 23.6 Å². The van der Waals surface area contributed by atoms with Gasteiger partial charge in [-0.1, -0.05) is 19.4 Å². The van der Waals surface area contributed by atoms with Crippen molar-refractivity contribution in [2.45, 2.75) is 71.8 Å².